The molecular weight excluding hydrogens is 180 g/mol. The summed E-state index contributed by atoms with van der Waals surface area (Å²) < 4.78 is 5.02. The smallest absolute Gasteiger partial charge is 0.261 e. The number of hydrogen-bond donors (Lipinski definition) is 1. The van der Waals surface area contributed by atoms with Crippen LogP contribution in [0.15, 0.2) is 10.6 Å². The molecule has 5 heteroatoms. The van der Waals surface area contributed by atoms with E-state index in [2.05, 4.69) is 35.1 Å². The number of anilines is 1. The van der Waals surface area contributed by atoms with Crippen LogP contribution in [-0.4, -0.2) is 35.2 Å². The first-order valence-corrected chi connectivity index (χ1v) is 4.64. The van der Waals surface area contributed by atoms with Crippen LogP contribution in [0.25, 0.3) is 5.57 Å². The quantitative estimate of drug-likeness (QED) is 0.709. The molecule has 1 atom stereocenters. The van der Waals surface area contributed by atoms with Crippen LogP contribution in [0.2, 0.25) is 0 Å². The van der Waals surface area contributed by atoms with E-state index in [0.29, 0.717) is 11.8 Å². The lowest BCUT2D eigenvalue weighted by molar-refractivity contribution is 0.321. The van der Waals surface area contributed by atoms with Crippen LogP contribution in [0.4, 0.5) is 5.95 Å². The molecule has 2 N–H and O–H groups in total. The fourth-order valence-corrected chi connectivity index (χ4v) is 1.80. The van der Waals surface area contributed by atoms with Crippen molar-refractivity contribution in [1.29, 1.82) is 0 Å². The van der Waals surface area contributed by atoms with E-state index < -0.39 is 0 Å². The molecule has 0 bridgehead atoms. The Bertz CT molecular complexity index is 357. The molecule has 5 nitrogen and oxygen atoms in total. The summed E-state index contributed by atoms with van der Waals surface area (Å²) in [5.74, 6) is 1.25. The van der Waals surface area contributed by atoms with E-state index in [1.165, 1.54) is 0 Å². The van der Waals surface area contributed by atoms with Gasteiger partial charge in [-0.3, -0.25) is 0 Å². The zero-order valence-corrected chi connectivity index (χ0v) is 8.40. The molecule has 2 rings (SSSR count). The highest BCUT2D eigenvalue weighted by molar-refractivity contribution is 5.61. The van der Waals surface area contributed by atoms with Crippen LogP contribution in [0.5, 0.6) is 0 Å². The first-order valence-electron chi connectivity index (χ1n) is 4.64. The minimum atomic E-state index is 0.196. The van der Waals surface area contributed by atoms with Gasteiger partial charge in [0.25, 0.3) is 11.8 Å². The van der Waals surface area contributed by atoms with Crippen molar-refractivity contribution in [3.63, 3.8) is 0 Å². The Balaban J connectivity index is 2.25. The lowest BCUT2D eigenvalue weighted by atomic mass is 10.0. The highest BCUT2D eigenvalue weighted by Crippen LogP contribution is 2.21. The minimum Gasteiger partial charge on any atom is -0.365 e. The van der Waals surface area contributed by atoms with Crippen LogP contribution >= 0.6 is 0 Å². The summed E-state index contributed by atoms with van der Waals surface area (Å²) in [6.45, 7) is 4.06. The van der Waals surface area contributed by atoms with Crippen molar-refractivity contribution in [1.82, 2.24) is 15.0 Å². The maximum Gasteiger partial charge on any atom is 0.261 e. The predicted molar refractivity (Wildman–Crippen MR) is 53.3 cm³/mol. The van der Waals surface area contributed by atoms with E-state index in [-0.39, 0.29) is 5.95 Å². The highest BCUT2D eigenvalue weighted by Gasteiger charge is 2.19. The zero-order chi connectivity index (χ0) is 10.1. The Morgan fingerprint density at radius 2 is 2.43 bits per heavy atom. The van der Waals surface area contributed by atoms with E-state index >= 15 is 0 Å². The molecule has 1 unspecified atom stereocenters. The van der Waals surface area contributed by atoms with Crippen LogP contribution in [0.1, 0.15) is 12.8 Å². The third-order valence-electron chi connectivity index (χ3n) is 2.24. The van der Waals surface area contributed by atoms with Crippen molar-refractivity contribution < 1.29 is 4.52 Å². The number of hydrogen-bond acceptors (Lipinski definition) is 5. The van der Waals surface area contributed by atoms with Crippen molar-refractivity contribution in [3.05, 3.63) is 12.0 Å². The van der Waals surface area contributed by atoms with Crippen molar-refractivity contribution >= 4 is 11.5 Å². The second-order valence-corrected chi connectivity index (χ2v) is 3.82. The molecule has 1 aromatic rings. The number of nitrogens with zero attached hydrogens (tertiary/aromatic N) is 3. The maximum absolute atomic E-state index is 5.40. The van der Waals surface area contributed by atoms with Gasteiger partial charge in [0.2, 0.25) is 0 Å². The Morgan fingerprint density at radius 3 is 3.00 bits per heavy atom. The Kier molecular flexibility index (Phi) is 2.25. The molecular formula is C9H14N4O. The van der Waals surface area contributed by atoms with E-state index in [9.17, 15) is 0 Å². The van der Waals surface area contributed by atoms with E-state index in [1.54, 1.807) is 0 Å². The number of nitrogens with two attached hydrogens (primary N) is 1. The minimum absolute atomic E-state index is 0.196. The standard InChI is InChI=1S/C9H14N4O/c1-6-3-7(5-13(2)4-6)8-11-9(10)12-14-8/h3,6H,4-5H2,1-2H3,(H2,10,12). The number of rotatable bonds is 1. The van der Waals surface area contributed by atoms with Gasteiger partial charge in [-0.25, -0.2) is 0 Å². The lowest BCUT2D eigenvalue weighted by Crippen LogP contribution is -2.29. The van der Waals surface area contributed by atoms with E-state index in [1.807, 2.05) is 0 Å². The van der Waals surface area contributed by atoms with Gasteiger partial charge in [-0.15, -0.1) is 0 Å². The summed E-state index contributed by atoms with van der Waals surface area (Å²) in [6, 6.07) is 0. The van der Waals surface area contributed by atoms with Crippen molar-refractivity contribution in [2.24, 2.45) is 5.92 Å². The second kappa shape index (κ2) is 3.42. The molecule has 0 aliphatic carbocycles. The van der Waals surface area contributed by atoms with Gasteiger partial charge in [0.1, 0.15) is 0 Å². The second-order valence-electron chi connectivity index (χ2n) is 3.82. The van der Waals surface area contributed by atoms with Crippen LogP contribution in [-0.2, 0) is 0 Å². The molecule has 14 heavy (non-hydrogen) atoms. The number of nitrogen functional groups attached to an aromatic ring is 1. The van der Waals surface area contributed by atoms with Crippen molar-refractivity contribution in [2.75, 3.05) is 25.9 Å². The topological polar surface area (TPSA) is 68.2 Å². The molecule has 0 saturated heterocycles. The molecule has 0 fully saturated rings. The van der Waals surface area contributed by atoms with Crippen LogP contribution in [0, 0.1) is 5.92 Å². The van der Waals surface area contributed by atoms with Crippen molar-refractivity contribution in [2.45, 2.75) is 6.92 Å². The predicted octanol–water partition coefficient (Wildman–Crippen LogP) is 0.617. The molecule has 0 spiro atoms. The fourth-order valence-electron chi connectivity index (χ4n) is 1.80. The third-order valence-corrected chi connectivity index (χ3v) is 2.24. The van der Waals surface area contributed by atoms with E-state index in [4.69, 9.17) is 10.3 Å². The third kappa shape index (κ3) is 1.77. The van der Waals surface area contributed by atoms with Gasteiger partial charge in [0.15, 0.2) is 0 Å². The SMILES string of the molecule is CC1C=C(c2nc(N)no2)CN(C)C1. The Hall–Kier alpha value is -1.36. The molecule has 0 aromatic carbocycles. The van der Waals surface area contributed by atoms with Crippen LogP contribution < -0.4 is 5.73 Å². The van der Waals surface area contributed by atoms with Crippen LogP contribution in [0.3, 0.4) is 0 Å². The average molecular weight is 194 g/mol. The first kappa shape index (κ1) is 9.21. The molecule has 0 saturated carbocycles. The largest absolute Gasteiger partial charge is 0.365 e. The molecule has 1 aliphatic rings. The molecule has 1 aliphatic heterocycles. The summed E-state index contributed by atoms with van der Waals surface area (Å²) in [4.78, 5) is 6.23. The monoisotopic (exact) mass is 194 g/mol. The van der Waals surface area contributed by atoms with Gasteiger partial charge < -0.3 is 15.2 Å². The normalized spacial score (nSPS) is 23.6. The number of aromatic nitrogens is 2. The highest BCUT2D eigenvalue weighted by atomic mass is 16.5. The summed E-state index contributed by atoms with van der Waals surface area (Å²) in [5, 5.41) is 3.57. The summed E-state index contributed by atoms with van der Waals surface area (Å²) in [7, 11) is 2.07. The summed E-state index contributed by atoms with van der Waals surface area (Å²) in [6.07, 6.45) is 2.16. The zero-order valence-electron chi connectivity index (χ0n) is 8.40. The fraction of sp³-hybridized carbons (Fsp3) is 0.556. The van der Waals surface area contributed by atoms with E-state index in [0.717, 1.165) is 18.7 Å². The maximum atomic E-state index is 5.40. The molecule has 76 valence electrons. The van der Waals surface area contributed by atoms with Gasteiger partial charge in [-0.1, -0.05) is 13.0 Å². The summed E-state index contributed by atoms with van der Waals surface area (Å²) >= 11 is 0. The average Bonchev–Trinajstić information content (AvgIpc) is 2.50. The number of likely N-dealkylation sites (N-methyl/N-ethyl adjacent to an activating group) is 1. The molecule has 0 radical (unpaired) electrons. The van der Waals surface area contributed by atoms with Gasteiger partial charge in [-0.05, 0) is 18.1 Å². The molecule has 0 amide bonds. The summed E-state index contributed by atoms with van der Waals surface area (Å²) in [5.41, 5.74) is 6.46. The van der Waals surface area contributed by atoms with Gasteiger partial charge in [-0.2, -0.15) is 4.98 Å². The molecule has 1 aromatic heterocycles. The lowest BCUT2D eigenvalue weighted by Gasteiger charge is -2.25. The van der Waals surface area contributed by atoms with Gasteiger partial charge in [0, 0.05) is 18.7 Å². The van der Waals surface area contributed by atoms with Crippen molar-refractivity contribution in [3.8, 4) is 0 Å². The molecule has 2 heterocycles. The van der Waals surface area contributed by atoms with Gasteiger partial charge >= 0.3 is 0 Å². The van der Waals surface area contributed by atoms with Gasteiger partial charge in [0.05, 0.1) is 0 Å². The first-order chi connectivity index (χ1) is 6.65. The Labute approximate surface area is 82.6 Å². The Morgan fingerprint density at radius 1 is 1.64 bits per heavy atom.